The van der Waals surface area contributed by atoms with Crippen LogP contribution < -0.4 is 15.5 Å². The Morgan fingerprint density at radius 2 is 1.73 bits per heavy atom. The Labute approximate surface area is 194 Å². The molecule has 1 saturated heterocycles. The molecule has 2 aromatic carbocycles. The molecule has 178 valence electrons. The zero-order chi connectivity index (χ0) is 24.0. The summed E-state index contributed by atoms with van der Waals surface area (Å²) in [5.41, 5.74) is 1.98. The van der Waals surface area contributed by atoms with Gasteiger partial charge in [-0.1, -0.05) is 6.07 Å². The Hall–Kier alpha value is -2.95. The standard InChI is InChI=1S/C23H30N4O5S/c1-4-26(5-2)22-10-9-20(33(30,31)27-11-13-32-14-12-27)16-21(22)25-23(29)18-7-6-8-19(15-18)24-17(3)28/h6-10,15-16H,4-5,11-14H2,1-3H3,(H,24,28)(H,25,29). The monoisotopic (exact) mass is 474 g/mol. The predicted octanol–water partition coefficient (Wildman–Crippen LogP) is 2.76. The molecule has 0 saturated carbocycles. The van der Waals surface area contributed by atoms with Gasteiger partial charge < -0.3 is 20.3 Å². The lowest BCUT2D eigenvalue weighted by molar-refractivity contribution is -0.114. The maximum absolute atomic E-state index is 13.2. The van der Waals surface area contributed by atoms with Crippen molar-refractivity contribution in [3.63, 3.8) is 0 Å². The SMILES string of the molecule is CCN(CC)c1ccc(S(=O)(=O)N2CCOCC2)cc1NC(=O)c1cccc(NC(C)=O)c1. The number of carbonyl (C=O) groups excluding carboxylic acids is 2. The smallest absolute Gasteiger partial charge is 0.255 e. The normalized spacial score (nSPS) is 14.5. The van der Waals surface area contributed by atoms with Crippen LogP contribution in [0.15, 0.2) is 47.4 Å². The molecule has 0 bridgehead atoms. The zero-order valence-corrected chi connectivity index (χ0v) is 19.9. The molecule has 1 heterocycles. The summed E-state index contributed by atoms with van der Waals surface area (Å²) in [4.78, 5) is 26.5. The number of morpholine rings is 1. The van der Waals surface area contributed by atoms with Crippen LogP contribution in [0.25, 0.3) is 0 Å². The maximum atomic E-state index is 13.2. The number of carbonyl (C=O) groups is 2. The molecular weight excluding hydrogens is 444 g/mol. The number of benzene rings is 2. The van der Waals surface area contributed by atoms with E-state index in [4.69, 9.17) is 4.74 Å². The maximum Gasteiger partial charge on any atom is 0.255 e. The summed E-state index contributed by atoms with van der Waals surface area (Å²) in [7, 11) is -3.73. The minimum absolute atomic E-state index is 0.114. The third kappa shape index (κ3) is 5.89. The molecule has 0 aromatic heterocycles. The summed E-state index contributed by atoms with van der Waals surface area (Å²) in [6.07, 6.45) is 0. The molecule has 0 aliphatic carbocycles. The van der Waals surface area contributed by atoms with Gasteiger partial charge in [0.15, 0.2) is 0 Å². The second kappa shape index (κ2) is 10.8. The fourth-order valence-corrected chi connectivity index (χ4v) is 5.12. The lowest BCUT2D eigenvalue weighted by atomic mass is 10.1. The van der Waals surface area contributed by atoms with Crippen molar-refractivity contribution in [3.05, 3.63) is 48.0 Å². The molecule has 2 N–H and O–H groups in total. The van der Waals surface area contributed by atoms with E-state index >= 15 is 0 Å². The molecule has 1 fully saturated rings. The summed E-state index contributed by atoms with van der Waals surface area (Å²) in [5, 5.41) is 5.53. The molecule has 33 heavy (non-hydrogen) atoms. The van der Waals surface area contributed by atoms with E-state index in [0.717, 1.165) is 5.69 Å². The van der Waals surface area contributed by atoms with E-state index in [2.05, 4.69) is 10.6 Å². The average molecular weight is 475 g/mol. The summed E-state index contributed by atoms with van der Waals surface area (Å²) in [6, 6.07) is 11.4. The third-order valence-corrected chi connectivity index (χ3v) is 7.27. The highest BCUT2D eigenvalue weighted by molar-refractivity contribution is 7.89. The minimum Gasteiger partial charge on any atom is -0.379 e. The van der Waals surface area contributed by atoms with Gasteiger partial charge in [0.05, 0.1) is 29.5 Å². The van der Waals surface area contributed by atoms with Gasteiger partial charge in [-0.2, -0.15) is 4.31 Å². The number of hydrogen-bond acceptors (Lipinski definition) is 6. The quantitative estimate of drug-likeness (QED) is 0.609. The Kier molecular flexibility index (Phi) is 8.06. The number of hydrogen-bond donors (Lipinski definition) is 2. The average Bonchev–Trinajstić information content (AvgIpc) is 2.81. The van der Waals surface area contributed by atoms with Crippen LogP contribution in [0.1, 0.15) is 31.1 Å². The van der Waals surface area contributed by atoms with Crippen LogP contribution in [0, 0.1) is 0 Å². The van der Waals surface area contributed by atoms with Crippen molar-refractivity contribution in [2.45, 2.75) is 25.7 Å². The molecule has 0 unspecified atom stereocenters. The van der Waals surface area contributed by atoms with Crippen molar-refractivity contribution < 1.29 is 22.7 Å². The zero-order valence-electron chi connectivity index (χ0n) is 19.1. The van der Waals surface area contributed by atoms with Gasteiger partial charge in [-0.15, -0.1) is 0 Å². The van der Waals surface area contributed by atoms with E-state index in [-0.39, 0.29) is 23.9 Å². The predicted molar refractivity (Wildman–Crippen MR) is 128 cm³/mol. The second-order valence-electron chi connectivity index (χ2n) is 7.58. The first kappa shape index (κ1) is 24.7. The van der Waals surface area contributed by atoms with Gasteiger partial charge in [-0.25, -0.2) is 8.42 Å². The summed E-state index contributed by atoms with van der Waals surface area (Å²) in [6.45, 7) is 8.03. The number of amides is 2. The van der Waals surface area contributed by atoms with Crippen LogP contribution in [-0.2, 0) is 19.6 Å². The van der Waals surface area contributed by atoms with Gasteiger partial charge in [0, 0.05) is 44.4 Å². The number of nitrogens with one attached hydrogen (secondary N) is 2. The topological polar surface area (TPSA) is 108 Å². The van der Waals surface area contributed by atoms with Crippen molar-refractivity contribution in [1.29, 1.82) is 0 Å². The van der Waals surface area contributed by atoms with E-state index in [9.17, 15) is 18.0 Å². The Bertz CT molecular complexity index is 1110. The summed E-state index contributed by atoms with van der Waals surface area (Å²) < 4.78 is 33.0. The number of nitrogens with zero attached hydrogens (tertiary/aromatic N) is 2. The number of rotatable bonds is 8. The first-order chi connectivity index (χ1) is 15.8. The number of ether oxygens (including phenoxy) is 1. The van der Waals surface area contributed by atoms with Gasteiger partial charge in [0.2, 0.25) is 15.9 Å². The van der Waals surface area contributed by atoms with Crippen LogP contribution in [0.2, 0.25) is 0 Å². The number of anilines is 3. The van der Waals surface area contributed by atoms with Gasteiger partial charge in [0.1, 0.15) is 0 Å². The van der Waals surface area contributed by atoms with Crippen LogP contribution in [0.5, 0.6) is 0 Å². The van der Waals surface area contributed by atoms with Gasteiger partial charge >= 0.3 is 0 Å². The fourth-order valence-electron chi connectivity index (χ4n) is 3.69. The molecular formula is C23H30N4O5S. The molecule has 2 amide bonds. The van der Waals surface area contributed by atoms with Gasteiger partial charge in [-0.05, 0) is 50.2 Å². The van der Waals surface area contributed by atoms with E-state index in [1.807, 2.05) is 18.7 Å². The van der Waals surface area contributed by atoms with E-state index in [1.54, 1.807) is 36.4 Å². The van der Waals surface area contributed by atoms with E-state index < -0.39 is 15.9 Å². The van der Waals surface area contributed by atoms with E-state index in [1.165, 1.54) is 17.3 Å². The van der Waals surface area contributed by atoms with Crippen molar-refractivity contribution in [3.8, 4) is 0 Å². The molecule has 0 radical (unpaired) electrons. The van der Waals surface area contributed by atoms with Crippen LogP contribution >= 0.6 is 0 Å². The minimum atomic E-state index is -3.73. The largest absolute Gasteiger partial charge is 0.379 e. The lowest BCUT2D eigenvalue weighted by Gasteiger charge is -2.28. The molecule has 1 aliphatic heterocycles. The molecule has 1 aliphatic rings. The molecule has 0 spiro atoms. The highest BCUT2D eigenvalue weighted by Crippen LogP contribution is 2.31. The van der Waals surface area contributed by atoms with E-state index in [0.29, 0.717) is 43.2 Å². The van der Waals surface area contributed by atoms with Crippen molar-refractivity contribution >= 4 is 38.9 Å². The van der Waals surface area contributed by atoms with Crippen LogP contribution in [-0.4, -0.2) is 63.9 Å². The van der Waals surface area contributed by atoms with Crippen molar-refractivity contribution in [2.24, 2.45) is 0 Å². The summed E-state index contributed by atoms with van der Waals surface area (Å²) in [5.74, 6) is -0.645. The highest BCUT2D eigenvalue weighted by Gasteiger charge is 2.27. The lowest BCUT2D eigenvalue weighted by Crippen LogP contribution is -2.40. The van der Waals surface area contributed by atoms with Crippen molar-refractivity contribution in [1.82, 2.24) is 4.31 Å². The van der Waals surface area contributed by atoms with Crippen LogP contribution in [0.3, 0.4) is 0 Å². The number of sulfonamides is 1. The van der Waals surface area contributed by atoms with Crippen LogP contribution in [0.4, 0.5) is 17.1 Å². The molecule has 0 atom stereocenters. The first-order valence-electron chi connectivity index (χ1n) is 10.9. The Morgan fingerprint density at radius 3 is 2.36 bits per heavy atom. The van der Waals surface area contributed by atoms with Gasteiger partial charge in [-0.3, -0.25) is 9.59 Å². The fraction of sp³-hybridized carbons (Fsp3) is 0.391. The second-order valence-corrected chi connectivity index (χ2v) is 9.52. The van der Waals surface area contributed by atoms with Crippen molar-refractivity contribution in [2.75, 3.05) is 54.9 Å². The highest BCUT2D eigenvalue weighted by atomic mass is 32.2. The Morgan fingerprint density at radius 1 is 1.03 bits per heavy atom. The third-order valence-electron chi connectivity index (χ3n) is 5.37. The first-order valence-corrected chi connectivity index (χ1v) is 12.4. The summed E-state index contributed by atoms with van der Waals surface area (Å²) >= 11 is 0. The molecule has 10 heteroatoms. The molecule has 3 rings (SSSR count). The molecule has 2 aromatic rings. The Balaban J connectivity index is 1.96. The molecule has 9 nitrogen and oxygen atoms in total. The van der Waals surface area contributed by atoms with Gasteiger partial charge in [0.25, 0.3) is 5.91 Å².